The SMILES string of the molecule is C1=CONC(c2ncccn2)=C1. The molecule has 0 aliphatic carbocycles. The second-order valence-electron chi connectivity index (χ2n) is 2.20. The third-order valence-electron chi connectivity index (χ3n) is 1.39. The summed E-state index contributed by atoms with van der Waals surface area (Å²) in [6, 6.07) is 1.77. The third kappa shape index (κ3) is 1.27. The van der Waals surface area contributed by atoms with E-state index in [1.165, 1.54) is 0 Å². The standard InChI is InChI=1S/C8H7N3O/c1-3-7(11-12-6-1)8-9-4-2-5-10-8/h1-6,11H. The molecule has 60 valence electrons. The Labute approximate surface area is 69.6 Å². The van der Waals surface area contributed by atoms with Crippen LogP contribution < -0.4 is 5.48 Å². The van der Waals surface area contributed by atoms with E-state index >= 15 is 0 Å². The van der Waals surface area contributed by atoms with Crippen molar-refractivity contribution in [3.05, 3.63) is 42.7 Å². The zero-order chi connectivity index (χ0) is 8.23. The monoisotopic (exact) mass is 161 g/mol. The highest BCUT2D eigenvalue weighted by Gasteiger charge is 2.03. The first-order valence-electron chi connectivity index (χ1n) is 3.53. The van der Waals surface area contributed by atoms with Gasteiger partial charge in [0.2, 0.25) is 0 Å². The molecule has 4 heteroatoms. The highest BCUT2D eigenvalue weighted by molar-refractivity contribution is 5.59. The molecule has 1 aromatic rings. The first kappa shape index (κ1) is 6.84. The summed E-state index contributed by atoms with van der Waals surface area (Å²) in [6.45, 7) is 0. The van der Waals surface area contributed by atoms with Crippen molar-refractivity contribution in [2.45, 2.75) is 0 Å². The Bertz CT molecular complexity index is 318. The number of nitrogens with zero attached hydrogens (tertiary/aromatic N) is 2. The third-order valence-corrected chi connectivity index (χ3v) is 1.39. The molecule has 4 nitrogen and oxygen atoms in total. The van der Waals surface area contributed by atoms with Crippen LogP contribution >= 0.6 is 0 Å². The lowest BCUT2D eigenvalue weighted by atomic mass is 10.3. The van der Waals surface area contributed by atoms with Crippen molar-refractivity contribution >= 4 is 5.70 Å². The molecule has 0 radical (unpaired) electrons. The quantitative estimate of drug-likeness (QED) is 0.663. The summed E-state index contributed by atoms with van der Waals surface area (Å²) in [7, 11) is 0. The molecule has 12 heavy (non-hydrogen) atoms. The van der Waals surface area contributed by atoms with E-state index in [-0.39, 0.29) is 0 Å². The fourth-order valence-corrected chi connectivity index (χ4v) is 0.865. The fourth-order valence-electron chi connectivity index (χ4n) is 0.865. The van der Waals surface area contributed by atoms with Crippen LogP contribution in [0.25, 0.3) is 5.70 Å². The average molecular weight is 161 g/mol. The van der Waals surface area contributed by atoms with Crippen LogP contribution in [0.2, 0.25) is 0 Å². The van der Waals surface area contributed by atoms with Gasteiger partial charge in [-0.15, -0.1) is 0 Å². The Morgan fingerprint density at radius 1 is 1.25 bits per heavy atom. The number of hydroxylamine groups is 1. The predicted molar refractivity (Wildman–Crippen MR) is 43.4 cm³/mol. The number of rotatable bonds is 1. The Kier molecular flexibility index (Phi) is 1.74. The molecular formula is C8H7N3O. The maximum absolute atomic E-state index is 4.86. The van der Waals surface area contributed by atoms with Gasteiger partial charge in [0.05, 0.1) is 0 Å². The largest absolute Gasteiger partial charge is 0.390 e. The molecule has 0 amide bonds. The maximum atomic E-state index is 4.86. The Balaban J connectivity index is 2.31. The van der Waals surface area contributed by atoms with Crippen molar-refractivity contribution < 1.29 is 4.84 Å². The summed E-state index contributed by atoms with van der Waals surface area (Å²) in [5.41, 5.74) is 3.45. The minimum atomic E-state index is 0.627. The van der Waals surface area contributed by atoms with Crippen molar-refractivity contribution in [3.63, 3.8) is 0 Å². The lowest BCUT2D eigenvalue weighted by Gasteiger charge is -2.09. The van der Waals surface area contributed by atoms with Crippen molar-refractivity contribution in [1.29, 1.82) is 0 Å². The molecule has 0 saturated heterocycles. The second-order valence-corrected chi connectivity index (χ2v) is 2.20. The summed E-state index contributed by atoms with van der Waals surface area (Å²) < 4.78 is 0. The van der Waals surface area contributed by atoms with Gasteiger partial charge in [-0.2, -0.15) is 0 Å². The predicted octanol–water partition coefficient (Wildman–Crippen LogP) is 0.866. The topological polar surface area (TPSA) is 47.0 Å². The van der Waals surface area contributed by atoms with Crippen molar-refractivity contribution in [2.75, 3.05) is 0 Å². The van der Waals surface area contributed by atoms with Gasteiger partial charge in [0.1, 0.15) is 12.0 Å². The van der Waals surface area contributed by atoms with Crippen LogP contribution in [0.15, 0.2) is 36.9 Å². The van der Waals surface area contributed by atoms with Crippen LogP contribution in [0.3, 0.4) is 0 Å². The number of aromatic nitrogens is 2. The normalized spacial score (nSPS) is 14.5. The molecule has 2 rings (SSSR count). The van der Waals surface area contributed by atoms with E-state index in [0.717, 1.165) is 5.70 Å². The molecule has 1 aliphatic rings. The second kappa shape index (κ2) is 3.04. The van der Waals surface area contributed by atoms with Gasteiger partial charge in [0, 0.05) is 12.4 Å². The molecule has 0 aromatic carbocycles. The number of nitrogens with one attached hydrogen (secondary N) is 1. The van der Waals surface area contributed by atoms with Gasteiger partial charge in [0.15, 0.2) is 5.82 Å². The van der Waals surface area contributed by atoms with E-state index in [1.807, 2.05) is 6.08 Å². The molecule has 0 spiro atoms. The zero-order valence-corrected chi connectivity index (χ0v) is 6.27. The molecule has 1 aliphatic heterocycles. The Hall–Kier alpha value is -1.84. The summed E-state index contributed by atoms with van der Waals surface area (Å²) in [5, 5.41) is 0. The minimum absolute atomic E-state index is 0.627. The molecule has 0 atom stereocenters. The van der Waals surface area contributed by atoms with Gasteiger partial charge in [-0.05, 0) is 18.2 Å². The van der Waals surface area contributed by atoms with E-state index in [2.05, 4.69) is 15.4 Å². The van der Waals surface area contributed by atoms with Crippen molar-refractivity contribution in [1.82, 2.24) is 15.4 Å². The number of hydrogen-bond acceptors (Lipinski definition) is 4. The molecule has 0 unspecified atom stereocenters. The van der Waals surface area contributed by atoms with E-state index in [4.69, 9.17) is 4.84 Å². The van der Waals surface area contributed by atoms with Gasteiger partial charge in [0.25, 0.3) is 0 Å². The average Bonchev–Trinajstić information content (AvgIpc) is 2.21. The van der Waals surface area contributed by atoms with Crippen molar-refractivity contribution in [2.24, 2.45) is 0 Å². The van der Waals surface area contributed by atoms with Crippen LogP contribution in [0.5, 0.6) is 0 Å². The van der Waals surface area contributed by atoms with Gasteiger partial charge in [-0.1, -0.05) is 0 Å². The van der Waals surface area contributed by atoms with Gasteiger partial charge in [-0.25, -0.2) is 15.4 Å². The molecular weight excluding hydrogens is 154 g/mol. The smallest absolute Gasteiger partial charge is 0.178 e. The van der Waals surface area contributed by atoms with E-state index in [9.17, 15) is 0 Å². The van der Waals surface area contributed by atoms with Crippen molar-refractivity contribution in [3.8, 4) is 0 Å². The van der Waals surface area contributed by atoms with E-state index < -0.39 is 0 Å². The first-order valence-corrected chi connectivity index (χ1v) is 3.53. The summed E-state index contributed by atoms with van der Waals surface area (Å²) in [5.74, 6) is 0.627. The zero-order valence-electron chi connectivity index (χ0n) is 6.27. The number of allylic oxidation sites excluding steroid dienone is 2. The summed E-state index contributed by atoms with van der Waals surface area (Å²) in [6.07, 6.45) is 8.54. The number of hydrogen-bond donors (Lipinski definition) is 1. The minimum Gasteiger partial charge on any atom is -0.390 e. The van der Waals surface area contributed by atoms with Crippen LogP contribution in [-0.2, 0) is 4.84 Å². The Morgan fingerprint density at radius 2 is 2.08 bits per heavy atom. The van der Waals surface area contributed by atoms with Gasteiger partial charge >= 0.3 is 0 Å². The lowest BCUT2D eigenvalue weighted by Crippen LogP contribution is -2.13. The van der Waals surface area contributed by atoms with Gasteiger partial charge < -0.3 is 4.84 Å². The van der Waals surface area contributed by atoms with E-state index in [0.29, 0.717) is 5.82 Å². The maximum Gasteiger partial charge on any atom is 0.178 e. The van der Waals surface area contributed by atoms with Gasteiger partial charge in [-0.3, -0.25) is 0 Å². The lowest BCUT2D eigenvalue weighted by molar-refractivity contribution is 0.181. The summed E-state index contributed by atoms with van der Waals surface area (Å²) >= 11 is 0. The van der Waals surface area contributed by atoms with Crippen LogP contribution in [0, 0.1) is 0 Å². The first-order chi connectivity index (χ1) is 5.97. The van der Waals surface area contributed by atoms with Crippen LogP contribution in [0.4, 0.5) is 0 Å². The molecule has 0 fully saturated rings. The van der Waals surface area contributed by atoms with E-state index in [1.54, 1.807) is 30.8 Å². The molecule has 1 N–H and O–H groups in total. The molecule has 0 saturated carbocycles. The van der Waals surface area contributed by atoms with Crippen LogP contribution in [0.1, 0.15) is 5.82 Å². The Morgan fingerprint density at radius 3 is 2.75 bits per heavy atom. The van der Waals surface area contributed by atoms with Crippen LogP contribution in [-0.4, -0.2) is 9.97 Å². The molecule has 1 aromatic heterocycles. The fraction of sp³-hybridized carbons (Fsp3) is 0. The summed E-state index contributed by atoms with van der Waals surface area (Å²) in [4.78, 5) is 13.0. The molecule has 2 heterocycles. The molecule has 0 bridgehead atoms. The highest BCUT2D eigenvalue weighted by atomic mass is 16.6. The highest BCUT2D eigenvalue weighted by Crippen LogP contribution is 2.07.